The Bertz CT molecular complexity index is 206. The number of aliphatic hydroxyl groups excluding tert-OH is 1. The van der Waals surface area contributed by atoms with Crippen molar-refractivity contribution >= 4 is 10.1 Å². The van der Waals surface area contributed by atoms with Crippen molar-refractivity contribution < 1.29 is 31.2 Å². The van der Waals surface area contributed by atoms with Crippen molar-refractivity contribution in [3.63, 3.8) is 0 Å². The van der Waals surface area contributed by atoms with Gasteiger partial charge in [-0.15, -0.1) is 0 Å². The summed E-state index contributed by atoms with van der Waals surface area (Å²) in [5.41, 5.74) is -5.53. The van der Waals surface area contributed by atoms with Gasteiger partial charge in [0, 0.05) is 6.61 Å². The minimum atomic E-state index is -5.84. The van der Waals surface area contributed by atoms with Crippen LogP contribution in [0.3, 0.4) is 0 Å². The molecular weight excluding hydrogens is 213 g/mol. The van der Waals surface area contributed by atoms with Gasteiger partial charge in [0.15, 0.2) is 0 Å². The predicted molar refractivity (Wildman–Crippen MR) is 39.6 cm³/mol. The van der Waals surface area contributed by atoms with E-state index in [1.165, 1.54) is 0 Å². The molecule has 8 heteroatoms. The molecule has 0 aromatic heterocycles. The normalized spacial score (nSPS) is 11.8. The Kier molecular flexibility index (Phi) is 7.18. The van der Waals surface area contributed by atoms with E-state index >= 15 is 0 Å². The summed E-state index contributed by atoms with van der Waals surface area (Å²) in [4.78, 5) is 0. The molecule has 0 aromatic rings. The van der Waals surface area contributed by atoms with E-state index < -0.39 is 15.6 Å². The number of aliphatic hydroxyl groups is 1. The van der Waals surface area contributed by atoms with Gasteiger partial charge in [0.1, 0.15) is 0 Å². The first-order valence-corrected chi connectivity index (χ1v) is 4.75. The van der Waals surface area contributed by atoms with Crippen LogP contribution in [0.4, 0.5) is 13.2 Å². The topological polar surface area (TPSA) is 74.6 Å². The molecular formula is C5H11F3O4S. The summed E-state index contributed by atoms with van der Waals surface area (Å²) in [5, 5.41) is 8.07. The molecule has 0 amide bonds. The highest BCUT2D eigenvalue weighted by molar-refractivity contribution is 7.86. The minimum absolute atomic E-state index is 0.344. The molecule has 0 saturated carbocycles. The summed E-state index contributed by atoms with van der Waals surface area (Å²) in [7, 11) is -5.84. The number of alkyl halides is 3. The van der Waals surface area contributed by atoms with Crippen LogP contribution in [0.25, 0.3) is 0 Å². The number of halogens is 3. The second-order valence-corrected chi connectivity index (χ2v) is 3.41. The molecule has 0 aromatic carbocycles. The maximum Gasteiger partial charge on any atom is 0.522 e. The molecule has 0 spiro atoms. The smallest absolute Gasteiger partial charge is 0.396 e. The van der Waals surface area contributed by atoms with Crippen molar-refractivity contribution in [2.24, 2.45) is 0 Å². The van der Waals surface area contributed by atoms with Crippen LogP contribution in [0.2, 0.25) is 0 Å². The molecule has 2 N–H and O–H groups in total. The van der Waals surface area contributed by atoms with Gasteiger partial charge in [-0.2, -0.15) is 21.6 Å². The molecule has 0 bridgehead atoms. The minimum Gasteiger partial charge on any atom is -0.396 e. The van der Waals surface area contributed by atoms with Gasteiger partial charge in [0.2, 0.25) is 0 Å². The van der Waals surface area contributed by atoms with Gasteiger partial charge in [0.25, 0.3) is 0 Å². The van der Waals surface area contributed by atoms with Crippen molar-refractivity contribution in [2.75, 3.05) is 6.61 Å². The monoisotopic (exact) mass is 224 g/mol. The first-order chi connectivity index (χ1) is 5.66. The van der Waals surface area contributed by atoms with Crippen molar-refractivity contribution in [3.8, 4) is 0 Å². The van der Waals surface area contributed by atoms with E-state index in [0.717, 1.165) is 12.8 Å². The van der Waals surface area contributed by atoms with Crippen molar-refractivity contribution in [3.05, 3.63) is 0 Å². The Morgan fingerprint density at radius 1 is 1.31 bits per heavy atom. The maximum absolute atomic E-state index is 10.7. The highest BCUT2D eigenvalue weighted by Crippen LogP contribution is 2.20. The number of hydrogen-bond acceptors (Lipinski definition) is 3. The number of hydrogen-bond donors (Lipinski definition) is 2. The Morgan fingerprint density at radius 3 is 1.62 bits per heavy atom. The van der Waals surface area contributed by atoms with Crippen LogP contribution >= 0.6 is 0 Å². The molecule has 0 saturated heterocycles. The lowest BCUT2D eigenvalue weighted by molar-refractivity contribution is -0.0510. The zero-order valence-electron chi connectivity index (χ0n) is 6.87. The zero-order chi connectivity index (χ0) is 11.1. The zero-order valence-corrected chi connectivity index (χ0v) is 7.69. The molecule has 0 unspecified atom stereocenters. The van der Waals surface area contributed by atoms with E-state index in [1.807, 2.05) is 0 Å². The summed E-state index contributed by atoms with van der Waals surface area (Å²) in [5.74, 6) is 0. The van der Waals surface area contributed by atoms with E-state index in [4.69, 9.17) is 18.1 Å². The average molecular weight is 224 g/mol. The van der Waals surface area contributed by atoms with Gasteiger partial charge in [-0.05, 0) is 6.42 Å². The van der Waals surface area contributed by atoms with E-state index in [9.17, 15) is 13.2 Å². The van der Waals surface area contributed by atoms with Gasteiger partial charge in [-0.25, -0.2) is 0 Å². The highest BCUT2D eigenvalue weighted by atomic mass is 32.2. The molecule has 0 heterocycles. The first-order valence-electron chi connectivity index (χ1n) is 3.31. The van der Waals surface area contributed by atoms with Crippen molar-refractivity contribution in [2.45, 2.75) is 25.3 Å². The van der Waals surface area contributed by atoms with E-state index in [1.54, 1.807) is 0 Å². The summed E-state index contributed by atoms with van der Waals surface area (Å²) in [6.07, 6.45) is 2.04. The molecule has 0 aliphatic rings. The molecule has 4 nitrogen and oxygen atoms in total. The van der Waals surface area contributed by atoms with Crippen LogP contribution in [-0.4, -0.2) is 30.2 Å². The van der Waals surface area contributed by atoms with Crippen molar-refractivity contribution in [1.82, 2.24) is 0 Å². The molecule has 0 radical (unpaired) electrons. The molecule has 0 aliphatic heterocycles. The molecule has 82 valence electrons. The fourth-order valence-corrected chi connectivity index (χ4v) is 0.158. The summed E-state index contributed by atoms with van der Waals surface area (Å²) < 4.78 is 57.5. The third kappa shape index (κ3) is 9.57. The summed E-state index contributed by atoms with van der Waals surface area (Å²) in [6, 6.07) is 0. The van der Waals surface area contributed by atoms with Crippen LogP contribution in [-0.2, 0) is 10.1 Å². The van der Waals surface area contributed by atoms with Gasteiger partial charge >= 0.3 is 15.6 Å². The number of rotatable bonds is 2. The second kappa shape index (κ2) is 6.17. The highest BCUT2D eigenvalue weighted by Gasteiger charge is 2.44. The van der Waals surface area contributed by atoms with Gasteiger partial charge in [0.05, 0.1) is 0 Å². The third-order valence-corrected chi connectivity index (χ3v) is 1.39. The lowest BCUT2D eigenvalue weighted by Gasteiger charge is -1.97. The molecule has 0 atom stereocenters. The fraction of sp³-hybridized carbons (Fsp3) is 1.00. The average Bonchev–Trinajstić information content (AvgIpc) is 1.85. The largest absolute Gasteiger partial charge is 0.522 e. The quantitative estimate of drug-likeness (QED) is 0.545. The number of unbranched alkanes of at least 4 members (excludes halogenated alkanes) is 1. The SMILES string of the molecule is CCCCO.O=S(=O)(O)C(F)(F)F. The van der Waals surface area contributed by atoms with E-state index in [0.29, 0.717) is 6.61 Å². The summed E-state index contributed by atoms with van der Waals surface area (Å²) >= 11 is 0. The lowest BCUT2D eigenvalue weighted by Crippen LogP contribution is -2.21. The standard InChI is InChI=1S/C4H10O.CHF3O3S/c1-2-3-4-5;2-1(3,4)8(5,6)7/h5H,2-4H2,1H3;(H,5,6,7). The van der Waals surface area contributed by atoms with Gasteiger partial charge < -0.3 is 5.11 Å². The molecule has 13 heavy (non-hydrogen) atoms. The maximum atomic E-state index is 10.7. The lowest BCUT2D eigenvalue weighted by atomic mass is 10.4. The Hall–Kier alpha value is -0.340. The van der Waals surface area contributed by atoms with Gasteiger partial charge in [-0.1, -0.05) is 13.3 Å². The first kappa shape index (κ1) is 15.1. The third-order valence-electron chi connectivity index (χ3n) is 0.804. The second-order valence-electron chi connectivity index (χ2n) is 2.00. The van der Waals surface area contributed by atoms with E-state index in [2.05, 4.69) is 6.92 Å². The molecule has 0 rings (SSSR count). The van der Waals surface area contributed by atoms with E-state index in [-0.39, 0.29) is 0 Å². The van der Waals surface area contributed by atoms with Gasteiger partial charge in [-0.3, -0.25) is 4.55 Å². The Labute approximate surface area is 74.1 Å². The van der Waals surface area contributed by atoms with Crippen LogP contribution in [0.1, 0.15) is 19.8 Å². The van der Waals surface area contributed by atoms with Crippen LogP contribution in [0, 0.1) is 0 Å². The fourth-order valence-electron chi connectivity index (χ4n) is 0.158. The van der Waals surface area contributed by atoms with Crippen LogP contribution in [0.5, 0.6) is 0 Å². The van der Waals surface area contributed by atoms with Crippen LogP contribution < -0.4 is 0 Å². The van der Waals surface area contributed by atoms with Crippen molar-refractivity contribution in [1.29, 1.82) is 0 Å². The van der Waals surface area contributed by atoms with Crippen LogP contribution in [0.15, 0.2) is 0 Å². The Balaban J connectivity index is 0. The molecule has 0 fully saturated rings. The molecule has 0 aliphatic carbocycles. The predicted octanol–water partition coefficient (Wildman–Crippen LogP) is 1.17. The summed E-state index contributed by atoms with van der Waals surface area (Å²) in [6.45, 7) is 2.40. The Morgan fingerprint density at radius 2 is 1.62 bits per heavy atom.